The van der Waals surface area contributed by atoms with Crippen molar-refractivity contribution in [2.24, 2.45) is 7.05 Å². The van der Waals surface area contributed by atoms with Gasteiger partial charge in [0.05, 0.1) is 47.1 Å². The molecule has 34 heavy (non-hydrogen) atoms. The Morgan fingerprint density at radius 2 is 1.56 bits per heavy atom. The van der Waals surface area contributed by atoms with Crippen LogP contribution in [0.5, 0.6) is 0 Å². The number of rotatable bonds is 4. The molecule has 0 aliphatic carbocycles. The summed E-state index contributed by atoms with van der Waals surface area (Å²) in [5.41, 5.74) is 1.65. The van der Waals surface area contributed by atoms with Gasteiger partial charge in [-0.2, -0.15) is 0 Å². The Morgan fingerprint density at radius 1 is 0.912 bits per heavy atom. The number of benzene rings is 1. The number of fused-ring (bicyclic) bond motifs is 1. The number of hydrogen-bond acceptors (Lipinski definition) is 4. The summed E-state index contributed by atoms with van der Waals surface area (Å²) in [4.78, 5) is 26.0. The molecule has 0 saturated carbocycles. The van der Waals surface area contributed by atoms with Gasteiger partial charge >= 0.3 is 0 Å². The average Bonchev–Trinajstić information content (AvgIpc) is 3.09. The Bertz CT molecular complexity index is 1430. The molecule has 0 aliphatic heterocycles. The second-order valence-corrected chi connectivity index (χ2v) is 8.03. The number of nitrogens with zero attached hydrogens (tertiary/aromatic N) is 4. The number of anilines is 1. The number of nitrogens with one attached hydrogen (secondary N) is 1. The highest BCUT2D eigenvalue weighted by atomic mass is 16.1. The van der Waals surface area contributed by atoms with Gasteiger partial charge in [0.15, 0.2) is 0 Å². The summed E-state index contributed by atoms with van der Waals surface area (Å²) in [6.07, 6.45) is 5.04. The van der Waals surface area contributed by atoms with E-state index in [1.54, 1.807) is 18.5 Å². The fourth-order valence-electron chi connectivity index (χ4n) is 3.73. The minimum atomic E-state index is -1.90. The first-order valence-electron chi connectivity index (χ1n) is 10.1. The van der Waals surface area contributed by atoms with Crippen molar-refractivity contribution in [2.45, 2.75) is 12.0 Å². The molecule has 4 aromatic rings. The topological polar surface area (TPSA) is 72.7 Å². The van der Waals surface area contributed by atoms with Crippen molar-refractivity contribution < 1.29 is 4.79 Å². The highest BCUT2D eigenvalue weighted by molar-refractivity contribution is 6.66. The van der Waals surface area contributed by atoms with E-state index >= 15 is 0 Å². The summed E-state index contributed by atoms with van der Waals surface area (Å²) < 4.78 is 1.95. The van der Waals surface area contributed by atoms with Crippen LogP contribution in [0.3, 0.4) is 0 Å². The molecule has 1 aromatic carbocycles. The van der Waals surface area contributed by atoms with E-state index in [9.17, 15) is 4.79 Å². The van der Waals surface area contributed by atoms with Crippen LogP contribution < -0.4 is 27.2 Å². The van der Waals surface area contributed by atoms with E-state index in [1.165, 1.54) is 6.20 Å². The molecular weight excluding hydrogens is 414 g/mol. The van der Waals surface area contributed by atoms with Gasteiger partial charge in [0.1, 0.15) is 43.0 Å². The van der Waals surface area contributed by atoms with E-state index in [2.05, 4.69) is 20.3 Å². The summed E-state index contributed by atoms with van der Waals surface area (Å²) in [5, 5.41) is 1.51. The first-order valence-corrected chi connectivity index (χ1v) is 10.1. The third kappa shape index (κ3) is 4.12. The predicted molar refractivity (Wildman–Crippen MR) is 141 cm³/mol. The number of amides is 1. The fraction of sp³-hybridized carbons (Fsp3) is 0.143. The molecule has 0 spiro atoms. The highest BCUT2D eigenvalue weighted by Crippen LogP contribution is 2.24. The molecule has 0 atom stereocenters. The summed E-state index contributed by atoms with van der Waals surface area (Å²) in [6, 6.07) is 3.60. The van der Waals surface area contributed by atoms with E-state index in [0.29, 0.717) is 5.52 Å². The average molecular weight is 426 g/mol. The van der Waals surface area contributed by atoms with E-state index < -0.39 is 11.0 Å². The van der Waals surface area contributed by atoms with Crippen LogP contribution in [0.1, 0.15) is 21.7 Å². The Hall–Kier alpha value is -3.09. The Balaban J connectivity index is 1.72. The zero-order valence-electron chi connectivity index (χ0n) is 18.6. The lowest BCUT2D eigenvalue weighted by Crippen LogP contribution is -2.54. The third-order valence-electron chi connectivity index (χ3n) is 5.64. The van der Waals surface area contributed by atoms with Crippen LogP contribution in [0.25, 0.3) is 22.2 Å². The lowest BCUT2D eigenvalue weighted by molar-refractivity contribution is 0.102. The summed E-state index contributed by atoms with van der Waals surface area (Å²) >= 11 is 0. The first kappa shape index (κ1) is 24.1. The van der Waals surface area contributed by atoms with Gasteiger partial charge in [-0.3, -0.25) is 9.78 Å². The van der Waals surface area contributed by atoms with Crippen molar-refractivity contribution in [1.82, 2.24) is 19.5 Å². The maximum absolute atomic E-state index is 13.0. The van der Waals surface area contributed by atoms with Crippen molar-refractivity contribution >= 4 is 99.4 Å². The van der Waals surface area contributed by atoms with Gasteiger partial charge in [0.2, 0.25) is 0 Å². The summed E-state index contributed by atoms with van der Waals surface area (Å²) in [7, 11) is 43.3. The van der Waals surface area contributed by atoms with Crippen LogP contribution in [-0.2, 0) is 12.2 Å². The minimum absolute atomic E-state index is 0.0492. The summed E-state index contributed by atoms with van der Waals surface area (Å²) in [5.74, 6) is 0.437. The molecule has 1 amide bonds. The number of carbonyl (C=O) groups is 1. The Morgan fingerprint density at radius 3 is 2.12 bits per heavy atom. The molecule has 0 fully saturated rings. The van der Waals surface area contributed by atoms with E-state index in [1.807, 2.05) is 24.6 Å². The highest BCUT2D eigenvalue weighted by Gasteiger charge is 2.24. The quantitative estimate of drug-likeness (QED) is 0.363. The SMILES string of the molecule is [B]c1c([B])c(C([B])([B])[B])c([B])c([B])c1C(=O)Nc1cc2cc(-c3cnc(C)n3C)cnc2cn1. The second kappa shape index (κ2) is 8.60. The van der Waals surface area contributed by atoms with Gasteiger partial charge in [-0.05, 0) is 19.1 Å². The minimum Gasteiger partial charge on any atom is -0.331 e. The zero-order chi connectivity index (χ0) is 24.9. The number of carbonyl (C=O) groups excluding carboxylic acids is 1. The Kier molecular flexibility index (Phi) is 6.09. The number of pyridine rings is 2. The van der Waals surface area contributed by atoms with Crippen molar-refractivity contribution in [2.75, 3.05) is 5.32 Å². The third-order valence-corrected chi connectivity index (χ3v) is 5.64. The lowest BCUT2D eigenvalue weighted by atomic mass is 9.37. The number of imidazole rings is 1. The molecule has 13 heteroatoms. The normalized spacial score (nSPS) is 11.6. The van der Waals surface area contributed by atoms with Gasteiger partial charge in [-0.25, -0.2) is 9.97 Å². The lowest BCUT2D eigenvalue weighted by Gasteiger charge is -2.31. The molecule has 0 unspecified atom stereocenters. The van der Waals surface area contributed by atoms with Crippen LogP contribution >= 0.6 is 0 Å². The monoisotopic (exact) mass is 427 g/mol. The Labute approximate surface area is 207 Å². The van der Waals surface area contributed by atoms with Crippen molar-refractivity contribution in [3.8, 4) is 11.3 Å². The molecule has 3 aromatic heterocycles. The standard InChI is InChI=1S/C21H12B7N5O/c1-8-29-7-12(33(8)2)10-3-9-4-13(31-6-11(9)30-5-10)32-20(34)14-16(22)18(24)15(21(26,27)28)19(25)17(14)23/h3-7H,1-2H3,(H,31,32,34). The van der Waals surface area contributed by atoms with E-state index in [-0.39, 0.29) is 38.8 Å². The van der Waals surface area contributed by atoms with Crippen LogP contribution in [0.15, 0.2) is 30.7 Å². The molecule has 1 N–H and O–H groups in total. The van der Waals surface area contributed by atoms with Gasteiger partial charge in [0, 0.05) is 29.8 Å². The second-order valence-electron chi connectivity index (χ2n) is 8.03. The smallest absolute Gasteiger partial charge is 0.255 e. The largest absolute Gasteiger partial charge is 0.331 e. The van der Waals surface area contributed by atoms with Gasteiger partial charge in [-0.15, -0.1) is 16.0 Å². The van der Waals surface area contributed by atoms with Crippen LogP contribution in [-0.4, -0.2) is 80.4 Å². The number of aromatic nitrogens is 4. The van der Waals surface area contributed by atoms with Crippen molar-refractivity contribution in [3.05, 3.63) is 47.7 Å². The molecule has 0 saturated heterocycles. The fourth-order valence-corrected chi connectivity index (χ4v) is 3.73. The summed E-state index contributed by atoms with van der Waals surface area (Å²) in [6.45, 7) is 1.91. The predicted octanol–water partition coefficient (Wildman–Crippen LogP) is -2.62. The number of hydrogen-bond donors (Lipinski definition) is 1. The molecule has 4 rings (SSSR count). The van der Waals surface area contributed by atoms with Gasteiger partial charge < -0.3 is 9.88 Å². The molecule has 3 heterocycles. The molecular formula is C21H12B7N5O. The molecule has 6 nitrogen and oxygen atoms in total. The maximum Gasteiger partial charge on any atom is 0.255 e. The van der Waals surface area contributed by atoms with Crippen LogP contribution in [0, 0.1) is 6.92 Å². The zero-order valence-corrected chi connectivity index (χ0v) is 18.6. The van der Waals surface area contributed by atoms with Crippen molar-refractivity contribution in [1.29, 1.82) is 0 Å². The number of aryl methyl sites for hydroxylation is 1. The molecule has 0 bridgehead atoms. The maximum atomic E-state index is 13.0. The van der Waals surface area contributed by atoms with E-state index in [4.69, 9.17) is 54.9 Å². The van der Waals surface area contributed by atoms with Crippen LogP contribution in [0.2, 0.25) is 0 Å². The first-order chi connectivity index (χ1) is 15.9. The molecule has 14 radical (unpaired) electrons. The van der Waals surface area contributed by atoms with Gasteiger partial charge in [-0.1, -0.05) is 16.5 Å². The molecule has 0 aliphatic rings. The molecule has 148 valence electrons. The van der Waals surface area contributed by atoms with E-state index in [0.717, 1.165) is 22.5 Å². The van der Waals surface area contributed by atoms with Crippen molar-refractivity contribution in [3.63, 3.8) is 0 Å². The van der Waals surface area contributed by atoms with Gasteiger partial charge in [0.25, 0.3) is 5.91 Å². The van der Waals surface area contributed by atoms with Crippen LogP contribution in [0.4, 0.5) is 5.82 Å².